The lowest BCUT2D eigenvalue weighted by molar-refractivity contribution is -0.316. The Balaban J connectivity index is 2.32. The summed E-state index contributed by atoms with van der Waals surface area (Å²) in [7, 11) is 4.04. The van der Waals surface area contributed by atoms with Crippen molar-refractivity contribution < 1.29 is 33.7 Å². The second kappa shape index (κ2) is 7.20. The van der Waals surface area contributed by atoms with Crippen molar-refractivity contribution in [1.82, 2.24) is 0 Å². The number of aliphatic carboxylic acids is 1. The number of carbonyl (C=O) groups is 3. The number of anilines is 1. The van der Waals surface area contributed by atoms with Crippen molar-refractivity contribution in [2.75, 3.05) is 26.6 Å². The number of methoxy groups -OCH3 is 3. The van der Waals surface area contributed by atoms with Gasteiger partial charge in [-0.05, 0) is 12.8 Å². The fraction of sp³-hybridized carbons (Fsp3) is 0.438. The van der Waals surface area contributed by atoms with Gasteiger partial charge in [0, 0.05) is 29.9 Å². The molecule has 0 aliphatic heterocycles. The molecule has 130 valence electrons. The van der Waals surface area contributed by atoms with Gasteiger partial charge in [0.15, 0.2) is 11.5 Å². The van der Waals surface area contributed by atoms with E-state index in [0.29, 0.717) is 24.3 Å². The minimum Gasteiger partial charge on any atom is -0.550 e. The molecular weight excluding hydrogens is 318 g/mol. The molecule has 0 aromatic heterocycles. The van der Waals surface area contributed by atoms with Gasteiger partial charge in [-0.25, -0.2) is 4.79 Å². The van der Waals surface area contributed by atoms with E-state index in [1.54, 1.807) is 0 Å². The summed E-state index contributed by atoms with van der Waals surface area (Å²) in [5.41, 5.74) is 0.237. The Morgan fingerprint density at radius 1 is 1.04 bits per heavy atom. The van der Waals surface area contributed by atoms with Gasteiger partial charge in [-0.3, -0.25) is 4.79 Å². The lowest BCUT2D eigenvalue weighted by Gasteiger charge is -2.36. The number of nitrogens with one attached hydrogen (secondary N) is 1. The van der Waals surface area contributed by atoms with E-state index in [2.05, 4.69) is 5.32 Å². The van der Waals surface area contributed by atoms with Crippen LogP contribution in [0.25, 0.3) is 0 Å². The Morgan fingerprint density at radius 3 is 2.08 bits per heavy atom. The van der Waals surface area contributed by atoms with E-state index < -0.39 is 29.7 Å². The van der Waals surface area contributed by atoms with Crippen LogP contribution in [0.4, 0.5) is 5.69 Å². The predicted octanol–water partition coefficient (Wildman–Crippen LogP) is 0.205. The van der Waals surface area contributed by atoms with Crippen LogP contribution < -0.4 is 19.9 Å². The standard InChI is InChI=1S/C16H19NO7/c1-22-12-6-10(16(21)24-3)11(7-13(12)23-2)17-14(18)8-4-5-9(8)15(19)20/h6-9H,4-5H2,1-3H3,(H,17,18)(H,19,20)/p-1/t8-,9+/m1/s1. The molecule has 1 aliphatic carbocycles. The molecule has 8 nitrogen and oxygen atoms in total. The zero-order valence-corrected chi connectivity index (χ0v) is 13.6. The third kappa shape index (κ3) is 3.27. The van der Waals surface area contributed by atoms with E-state index in [9.17, 15) is 19.5 Å². The van der Waals surface area contributed by atoms with E-state index in [-0.39, 0.29) is 11.3 Å². The Kier molecular flexibility index (Phi) is 5.28. The lowest BCUT2D eigenvalue weighted by atomic mass is 9.73. The fourth-order valence-electron chi connectivity index (χ4n) is 2.58. The molecule has 1 N–H and O–H groups in total. The smallest absolute Gasteiger partial charge is 0.340 e. The van der Waals surface area contributed by atoms with E-state index in [1.807, 2.05) is 0 Å². The molecule has 1 aromatic rings. The van der Waals surface area contributed by atoms with E-state index >= 15 is 0 Å². The quantitative estimate of drug-likeness (QED) is 0.738. The van der Waals surface area contributed by atoms with Crippen LogP contribution in [0.2, 0.25) is 0 Å². The Labute approximate surface area is 138 Å². The Morgan fingerprint density at radius 2 is 1.62 bits per heavy atom. The van der Waals surface area contributed by atoms with E-state index in [4.69, 9.17) is 14.2 Å². The highest BCUT2D eigenvalue weighted by Crippen LogP contribution is 2.37. The molecular formula is C16H18NO7-. The topological polar surface area (TPSA) is 114 Å². The lowest BCUT2D eigenvalue weighted by Crippen LogP contribution is -2.46. The molecule has 0 saturated heterocycles. The molecule has 0 heterocycles. The first-order chi connectivity index (χ1) is 11.4. The summed E-state index contributed by atoms with van der Waals surface area (Å²) in [6.45, 7) is 0. The first-order valence-electron chi connectivity index (χ1n) is 7.29. The third-order valence-electron chi connectivity index (χ3n) is 4.10. The van der Waals surface area contributed by atoms with E-state index in [1.165, 1.54) is 33.5 Å². The van der Waals surface area contributed by atoms with Gasteiger partial charge in [-0.1, -0.05) is 0 Å². The van der Waals surface area contributed by atoms with Crippen molar-refractivity contribution in [2.45, 2.75) is 12.8 Å². The van der Waals surface area contributed by atoms with Crippen LogP contribution in [0.3, 0.4) is 0 Å². The van der Waals surface area contributed by atoms with Crippen molar-refractivity contribution in [1.29, 1.82) is 0 Å². The highest BCUT2D eigenvalue weighted by Gasteiger charge is 2.37. The van der Waals surface area contributed by atoms with Crippen LogP contribution in [0, 0.1) is 11.8 Å². The number of amides is 1. The maximum atomic E-state index is 12.3. The predicted molar refractivity (Wildman–Crippen MR) is 80.7 cm³/mol. The van der Waals surface area contributed by atoms with Gasteiger partial charge in [0.1, 0.15) is 0 Å². The monoisotopic (exact) mass is 336 g/mol. The summed E-state index contributed by atoms with van der Waals surface area (Å²) < 4.78 is 15.0. The number of hydrogen-bond acceptors (Lipinski definition) is 7. The molecule has 0 spiro atoms. The normalized spacial score (nSPS) is 19.0. The summed E-state index contributed by atoms with van der Waals surface area (Å²) >= 11 is 0. The highest BCUT2D eigenvalue weighted by molar-refractivity contribution is 6.03. The van der Waals surface area contributed by atoms with Crippen LogP contribution in [-0.2, 0) is 14.3 Å². The first-order valence-corrected chi connectivity index (χ1v) is 7.29. The zero-order valence-electron chi connectivity index (χ0n) is 13.6. The fourth-order valence-corrected chi connectivity index (χ4v) is 2.58. The maximum Gasteiger partial charge on any atom is 0.340 e. The molecule has 0 bridgehead atoms. The molecule has 1 fully saturated rings. The molecule has 1 saturated carbocycles. The minimum atomic E-state index is -1.25. The molecule has 0 unspecified atom stereocenters. The molecule has 0 radical (unpaired) electrons. The average Bonchev–Trinajstić information content (AvgIpc) is 2.51. The number of ether oxygens (including phenoxy) is 3. The summed E-state index contributed by atoms with van der Waals surface area (Å²) in [6, 6.07) is 2.81. The van der Waals surface area contributed by atoms with Crippen LogP contribution in [0.15, 0.2) is 12.1 Å². The SMILES string of the molecule is COC(=O)c1cc(OC)c(OC)cc1NC(=O)[C@@H]1CC[C@@H]1C(=O)[O-]. The van der Waals surface area contributed by atoms with Crippen molar-refractivity contribution in [3.05, 3.63) is 17.7 Å². The van der Waals surface area contributed by atoms with Crippen LogP contribution in [0.1, 0.15) is 23.2 Å². The number of carbonyl (C=O) groups excluding carboxylic acids is 3. The van der Waals surface area contributed by atoms with Crippen molar-refractivity contribution in [3.63, 3.8) is 0 Å². The number of esters is 1. The Hall–Kier alpha value is -2.77. The van der Waals surface area contributed by atoms with Crippen molar-refractivity contribution >= 4 is 23.5 Å². The number of hydrogen-bond donors (Lipinski definition) is 1. The van der Waals surface area contributed by atoms with Gasteiger partial charge in [-0.15, -0.1) is 0 Å². The van der Waals surface area contributed by atoms with Crippen LogP contribution >= 0.6 is 0 Å². The van der Waals surface area contributed by atoms with Gasteiger partial charge in [-0.2, -0.15) is 0 Å². The molecule has 2 atom stereocenters. The summed E-state index contributed by atoms with van der Waals surface area (Å²) in [4.78, 5) is 35.2. The minimum absolute atomic E-state index is 0.0767. The zero-order chi connectivity index (χ0) is 17.9. The third-order valence-corrected chi connectivity index (χ3v) is 4.10. The summed E-state index contributed by atoms with van der Waals surface area (Å²) in [5, 5.41) is 13.5. The second-order valence-electron chi connectivity index (χ2n) is 5.34. The summed E-state index contributed by atoms with van der Waals surface area (Å²) in [6.07, 6.45) is 0.849. The molecule has 8 heteroatoms. The van der Waals surface area contributed by atoms with Crippen LogP contribution in [0.5, 0.6) is 11.5 Å². The van der Waals surface area contributed by atoms with Crippen molar-refractivity contribution in [3.8, 4) is 11.5 Å². The van der Waals surface area contributed by atoms with E-state index in [0.717, 1.165) is 0 Å². The molecule has 24 heavy (non-hydrogen) atoms. The maximum absolute atomic E-state index is 12.3. The highest BCUT2D eigenvalue weighted by atomic mass is 16.5. The first kappa shape index (κ1) is 17.6. The van der Waals surface area contributed by atoms with Gasteiger partial charge < -0.3 is 29.4 Å². The Bertz CT molecular complexity index is 671. The molecule has 1 amide bonds. The van der Waals surface area contributed by atoms with Crippen molar-refractivity contribution in [2.24, 2.45) is 11.8 Å². The summed E-state index contributed by atoms with van der Waals surface area (Å²) in [5.74, 6) is -3.30. The molecule has 1 aromatic carbocycles. The number of rotatable bonds is 6. The molecule has 1 aliphatic rings. The number of carboxylic acid groups (broad SMARTS) is 1. The van der Waals surface area contributed by atoms with Gasteiger partial charge >= 0.3 is 5.97 Å². The average molecular weight is 336 g/mol. The van der Waals surface area contributed by atoms with Gasteiger partial charge in [0.2, 0.25) is 5.91 Å². The largest absolute Gasteiger partial charge is 0.550 e. The second-order valence-corrected chi connectivity index (χ2v) is 5.34. The number of benzene rings is 1. The molecule has 2 rings (SSSR count). The number of carboxylic acids is 1. The van der Waals surface area contributed by atoms with Gasteiger partial charge in [0.05, 0.1) is 32.6 Å². The van der Waals surface area contributed by atoms with Crippen LogP contribution in [-0.4, -0.2) is 39.2 Å². The van der Waals surface area contributed by atoms with Gasteiger partial charge in [0.25, 0.3) is 0 Å².